The van der Waals surface area contributed by atoms with Gasteiger partial charge >= 0.3 is 6.03 Å². The van der Waals surface area contributed by atoms with Crippen molar-refractivity contribution < 1.29 is 14.3 Å². The van der Waals surface area contributed by atoms with Crippen LogP contribution in [-0.4, -0.2) is 36.5 Å². The van der Waals surface area contributed by atoms with Crippen molar-refractivity contribution >= 4 is 11.9 Å². The zero-order valence-corrected chi connectivity index (χ0v) is 11.5. The number of piperidine rings is 1. The van der Waals surface area contributed by atoms with Gasteiger partial charge in [-0.25, -0.2) is 4.79 Å². The zero-order valence-electron chi connectivity index (χ0n) is 11.5. The molecule has 0 aliphatic carbocycles. The quantitative estimate of drug-likeness (QED) is 0.896. The van der Waals surface area contributed by atoms with E-state index in [1.54, 1.807) is 12.0 Å². The van der Waals surface area contributed by atoms with E-state index in [9.17, 15) is 9.59 Å². The van der Waals surface area contributed by atoms with Gasteiger partial charge in [0.1, 0.15) is 5.75 Å². The van der Waals surface area contributed by atoms with E-state index in [-0.39, 0.29) is 23.9 Å². The number of carbonyl (C=O) groups is 2. The number of nitrogens with zero attached hydrogens (tertiary/aromatic N) is 1. The summed E-state index contributed by atoms with van der Waals surface area (Å²) in [5.41, 5.74) is 0.938. The highest BCUT2D eigenvalue weighted by molar-refractivity contribution is 6.01. The molecule has 0 aromatic heterocycles. The van der Waals surface area contributed by atoms with Crippen molar-refractivity contribution in [1.82, 2.24) is 10.2 Å². The van der Waals surface area contributed by atoms with Crippen LogP contribution >= 0.6 is 0 Å². The van der Waals surface area contributed by atoms with Crippen molar-refractivity contribution in [2.45, 2.75) is 31.2 Å². The fourth-order valence-electron chi connectivity index (χ4n) is 3.17. The predicted octanol–water partition coefficient (Wildman–Crippen LogP) is 1.88. The number of nitrogens with one attached hydrogen (secondary N) is 1. The summed E-state index contributed by atoms with van der Waals surface area (Å²) in [6, 6.07) is 7.26. The standard InChI is InChI=1S/C15H18N2O3/c1-20-11-7-5-10(6-8-11)13-12-4-2-3-9-17(12)15(19)16-14(13)18/h5-8,12-13H,2-4,9H2,1H3,(H,16,18,19)/t12-,13-/m1/s1. The molecule has 0 spiro atoms. The minimum absolute atomic E-state index is 0.0154. The summed E-state index contributed by atoms with van der Waals surface area (Å²) in [7, 11) is 1.61. The molecule has 1 aromatic carbocycles. The maximum atomic E-state index is 12.2. The van der Waals surface area contributed by atoms with Gasteiger partial charge in [0.05, 0.1) is 13.0 Å². The molecule has 1 N–H and O–H groups in total. The van der Waals surface area contributed by atoms with Crippen LogP contribution in [0.1, 0.15) is 30.7 Å². The monoisotopic (exact) mass is 274 g/mol. The largest absolute Gasteiger partial charge is 0.497 e. The molecule has 1 aromatic rings. The second-order valence-corrected chi connectivity index (χ2v) is 5.30. The highest BCUT2D eigenvalue weighted by Crippen LogP contribution is 2.34. The van der Waals surface area contributed by atoms with E-state index in [1.807, 2.05) is 24.3 Å². The SMILES string of the molecule is COc1ccc([C@H]2C(=O)NC(=O)N3CCCC[C@H]23)cc1. The molecule has 0 unspecified atom stereocenters. The third kappa shape index (κ3) is 2.13. The Hall–Kier alpha value is -2.04. The van der Waals surface area contributed by atoms with Crippen molar-refractivity contribution in [2.24, 2.45) is 0 Å². The summed E-state index contributed by atoms with van der Waals surface area (Å²) < 4.78 is 5.14. The lowest BCUT2D eigenvalue weighted by molar-refractivity contribution is -0.125. The number of amides is 3. The number of benzene rings is 1. The summed E-state index contributed by atoms with van der Waals surface area (Å²) in [5.74, 6) is 0.295. The maximum absolute atomic E-state index is 12.2. The van der Waals surface area contributed by atoms with Gasteiger partial charge in [-0.05, 0) is 37.0 Å². The third-order valence-corrected chi connectivity index (χ3v) is 4.18. The number of imide groups is 1. The molecular weight excluding hydrogens is 256 g/mol. The third-order valence-electron chi connectivity index (χ3n) is 4.18. The Labute approximate surface area is 117 Å². The van der Waals surface area contributed by atoms with Gasteiger partial charge in [-0.2, -0.15) is 0 Å². The number of ether oxygens (including phenoxy) is 1. The molecule has 0 radical (unpaired) electrons. The molecule has 3 amide bonds. The van der Waals surface area contributed by atoms with Crippen LogP contribution in [-0.2, 0) is 4.79 Å². The number of rotatable bonds is 2. The van der Waals surface area contributed by atoms with Crippen LogP contribution in [0.25, 0.3) is 0 Å². The van der Waals surface area contributed by atoms with Gasteiger partial charge in [-0.1, -0.05) is 12.1 Å². The first-order valence-corrected chi connectivity index (χ1v) is 6.96. The van der Waals surface area contributed by atoms with E-state index >= 15 is 0 Å². The number of fused-ring (bicyclic) bond motifs is 1. The van der Waals surface area contributed by atoms with E-state index in [1.165, 1.54) is 0 Å². The molecule has 2 heterocycles. The fraction of sp³-hybridized carbons (Fsp3) is 0.467. The molecule has 0 bridgehead atoms. The number of hydrogen-bond donors (Lipinski definition) is 1. The van der Waals surface area contributed by atoms with E-state index < -0.39 is 0 Å². The lowest BCUT2D eigenvalue weighted by atomic mass is 9.83. The van der Waals surface area contributed by atoms with Crippen LogP contribution in [0.2, 0.25) is 0 Å². The topological polar surface area (TPSA) is 58.6 Å². The van der Waals surface area contributed by atoms with Crippen molar-refractivity contribution in [1.29, 1.82) is 0 Å². The summed E-state index contributed by atoms with van der Waals surface area (Å²) in [6.45, 7) is 0.733. The zero-order chi connectivity index (χ0) is 14.1. The highest BCUT2D eigenvalue weighted by atomic mass is 16.5. The molecule has 2 fully saturated rings. The van der Waals surface area contributed by atoms with Gasteiger partial charge in [0, 0.05) is 12.6 Å². The van der Waals surface area contributed by atoms with Gasteiger partial charge < -0.3 is 9.64 Å². The van der Waals surface area contributed by atoms with Crippen LogP contribution in [0.15, 0.2) is 24.3 Å². The van der Waals surface area contributed by atoms with Gasteiger partial charge in [0.2, 0.25) is 5.91 Å². The molecule has 5 heteroatoms. The Kier molecular flexibility index (Phi) is 3.34. The van der Waals surface area contributed by atoms with Gasteiger partial charge in [0.15, 0.2) is 0 Å². The maximum Gasteiger partial charge on any atom is 0.324 e. The Balaban J connectivity index is 1.92. The number of hydrogen-bond acceptors (Lipinski definition) is 3. The number of carbonyl (C=O) groups excluding carboxylic acids is 2. The summed E-state index contributed by atoms with van der Waals surface area (Å²) in [4.78, 5) is 25.9. The minimum Gasteiger partial charge on any atom is -0.497 e. The van der Waals surface area contributed by atoms with Gasteiger partial charge in [0.25, 0.3) is 0 Å². The first-order chi connectivity index (χ1) is 9.70. The average Bonchev–Trinajstić information content (AvgIpc) is 2.48. The van der Waals surface area contributed by atoms with E-state index in [4.69, 9.17) is 4.74 Å². The molecule has 3 rings (SSSR count). The smallest absolute Gasteiger partial charge is 0.324 e. The lowest BCUT2D eigenvalue weighted by Gasteiger charge is -2.43. The molecule has 2 saturated heterocycles. The van der Waals surface area contributed by atoms with Crippen molar-refractivity contribution in [3.63, 3.8) is 0 Å². The van der Waals surface area contributed by atoms with Crippen LogP contribution < -0.4 is 10.1 Å². The van der Waals surface area contributed by atoms with Crippen LogP contribution in [0, 0.1) is 0 Å². The summed E-state index contributed by atoms with van der Waals surface area (Å²) in [5, 5.41) is 2.47. The Morgan fingerprint density at radius 1 is 1.20 bits per heavy atom. The van der Waals surface area contributed by atoms with Crippen LogP contribution in [0.3, 0.4) is 0 Å². The molecule has 5 nitrogen and oxygen atoms in total. The molecule has 2 atom stereocenters. The van der Waals surface area contributed by atoms with E-state index in [0.29, 0.717) is 0 Å². The number of urea groups is 1. The minimum atomic E-state index is -0.279. The number of methoxy groups -OCH3 is 1. The van der Waals surface area contributed by atoms with Crippen LogP contribution in [0.5, 0.6) is 5.75 Å². The predicted molar refractivity (Wildman–Crippen MR) is 73.6 cm³/mol. The normalized spacial score (nSPS) is 25.9. The lowest BCUT2D eigenvalue weighted by Crippen LogP contribution is -2.60. The highest BCUT2D eigenvalue weighted by Gasteiger charge is 2.42. The van der Waals surface area contributed by atoms with Crippen molar-refractivity contribution in [3.05, 3.63) is 29.8 Å². The van der Waals surface area contributed by atoms with Crippen molar-refractivity contribution in [3.8, 4) is 5.75 Å². The first kappa shape index (κ1) is 13.0. The molecule has 0 saturated carbocycles. The molecule has 106 valence electrons. The van der Waals surface area contributed by atoms with E-state index in [2.05, 4.69) is 5.32 Å². The Morgan fingerprint density at radius 2 is 1.95 bits per heavy atom. The van der Waals surface area contributed by atoms with Crippen molar-refractivity contribution in [2.75, 3.05) is 13.7 Å². The molecular formula is C15H18N2O3. The first-order valence-electron chi connectivity index (χ1n) is 6.96. The molecule has 2 aliphatic heterocycles. The fourth-order valence-corrected chi connectivity index (χ4v) is 3.17. The summed E-state index contributed by atoms with van der Waals surface area (Å²) >= 11 is 0. The van der Waals surface area contributed by atoms with Crippen LogP contribution in [0.4, 0.5) is 4.79 Å². The van der Waals surface area contributed by atoms with Gasteiger partial charge in [-0.15, -0.1) is 0 Å². The Morgan fingerprint density at radius 3 is 2.65 bits per heavy atom. The second-order valence-electron chi connectivity index (χ2n) is 5.30. The van der Waals surface area contributed by atoms with E-state index in [0.717, 1.165) is 37.1 Å². The van der Waals surface area contributed by atoms with Gasteiger partial charge in [-0.3, -0.25) is 10.1 Å². The Bertz CT molecular complexity index is 526. The second kappa shape index (κ2) is 5.15. The summed E-state index contributed by atoms with van der Waals surface area (Å²) in [6.07, 6.45) is 2.96. The average molecular weight is 274 g/mol. The molecule has 2 aliphatic rings. The molecule has 20 heavy (non-hydrogen) atoms.